The molecule has 0 aromatic heterocycles. The number of nitrogens with one attached hydrogen (secondary N) is 1. The Morgan fingerprint density at radius 1 is 1.07 bits per heavy atom. The molecule has 0 aliphatic carbocycles. The Hall–Kier alpha value is -2.53. The molecular formula is C22H26ClNO4. The average molecular weight is 404 g/mol. The molecule has 6 heteroatoms. The quantitative estimate of drug-likeness (QED) is 0.572. The number of benzene rings is 2. The lowest BCUT2D eigenvalue weighted by molar-refractivity contribution is -0.132. The van der Waals surface area contributed by atoms with E-state index in [2.05, 4.69) is 38.2 Å². The van der Waals surface area contributed by atoms with E-state index < -0.39 is 5.97 Å². The molecule has 150 valence electrons. The van der Waals surface area contributed by atoms with E-state index >= 15 is 0 Å². The predicted octanol–water partition coefficient (Wildman–Crippen LogP) is 4.43. The van der Waals surface area contributed by atoms with E-state index in [0.717, 1.165) is 5.56 Å². The number of rotatable bonds is 6. The van der Waals surface area contributed by atoms with E-state index in [1.165, 1.54) is 19.6 Å². The minimum absolute atomic E-state index is 0.0956. The second-order valence-corrected chi connectivity index (χ2v) is 8.01. The Morgan fingerprint density at radius 2 is 1.71 bits per heavy atom. The van der Waals surface area contributed by atoms with Gasteiger partial charge in [-0.25, -0.2) is 0 Å². The van der Waals surface area contributed by atoms with Crippen molar-refractivity contribution in [3.8, 4) is 11.5 Å². The number of hydrogen-bond acceptors (Lipinski definition) is 4. The van der Waals surface area contributed by atoms with Crippen LogP contribution in [-0.2, 0) is 28.0 Å². The fourth-order valence-corrected chi connectivity index (χ4v) is 2.96. The second-order valence-electron chi connectivity index (χ2n) is 7.60. The standard InChI is InChI=1S/C22H26ClNO4/c1-14(25)28-21-18(23)10-16(11-19(21)27-5)12-20(26)24-13-15-6-8-17(9-7-15)22(2,3)4/h6-11H,12-13H2,1-5H3,(H,24,26). The van der Waals surface area contributed by atoms with E-state index in [4.69, 9.17) is 21.1 Å². The highest BCUT2D eigenvalue weighted by Crippen LogP contribution is 2.36. The summed E-state index contributed by atoms with van der Waals surface area (Å²) in [5.74, 6) is -0.176. The molecule has 2 aromatic rings. The first-order valence-corrected chi connectivity index (χ1v) is 9.39. The van der Waals surface area contributed by atoms with Crippen LogP contribution in [0.2, 0.25) is 5.02 Å². The summed E-state index contributed by atoms with van der Waals surface area (Å²) in [6, 6.07) is 11.4. The van der Waals surface area contributed by atoms with Crippen LogP contribution in [0.4, 0.5) is 0 Å². The Morgan fingerprint density at radius 3 is 2.25 bits per heavy atom. The molecule has 1 amide bonds. The van der Waals surface area contributed by atoms with E-state index in [1.807, 2.05) is 12.1 Å². The molecule has 0 saturated heterocycles. The van der Waals surface area contributed by atoms with Crippen molar-refractivity contribution in [2.75, 3.05) is 7.11 Å². The molecule has 2 rings (SSSR count). The monoisotopic (exact) mass is 403 g/mol. The van der Waals surface area contributed by atoms with Crippen molar-refractivity contribution in [2.24, 2.45) is 0 Å². The van der Waals surface area contributed by atoms with E-state index in [9.17, 15) is 9.59 Å². The highest BCUT2D eigenvalue weighted by atomic mass is 35.5. The van der Waals surface area contributed by atoms with Gasteiger partial charge in [-0.2, -0.15) is 0 Å². The molecule has 0 spiro atoms. The summed E-state index contributed by atoms with van der Waals surface area (Å²) in [6.45, 7) is 8.21. The summed E-state index contributed by atoms with van der Waals surface area (Å²) in [5, 5.41) is 3.12. The average Bonchev–Trinajstić information content (AvgIpc) is 2.61. The third-order valence-corrected chi connectivity index (χ3v) is 4.49. The van der Waals surface area contributed by atoms with Gasteiger partial charge in [-0.15, -0.1) is 0 Å². The summed E-state index contributed by atoms with van der Waals surface area (Å²) >= 11 is 6.18. The number of halogens is 1. The van der Waals surface area contributed by atoms with Crippen LogP contribution >= 0.6 is 11.6 Å². The highest BCUT2D eigenvalue weighted by Gasteiger charge is 2.16. The van der Waals surface area contributed by atoms with Gasteiger partial charge < -0.3 is 14.8 Å². The van der Waals surface area contributed by atoms with Gasteiger partial charge in [0.25, 0.3) is 0 Å². The lowest BCUT2D eigenvalue weighted by Crippen LogP contribution is -2.24. The van der Waals surface area contributed by atoms with Crippen molar-refractivity contribution in [3.05, 3.63) is 58.1 Å². The number of methoxy groups -OCH3 is 1. The minimum atomic E-state index is -0.497. The fraction of sp³-hybridized carbons (Fsp3) is 0.364. The zero-order chi connectivity index (χ0) is 20.9. The fourth-order valence-electron chi connectivity index (χ4n) is 2.69. The van der Waals surface area contributed by atoms with Crippen molar-refractivity contribution >= 4 is 23.5 Å². The molecule has 0 aliphatic heterocycles. The maximum Gasteiger partial charge on any atom is 0.308 e. The Balaban J connectivity index is 2.01. The van der Waals surface area contributed by atoms with Crippen LogP contribution in [0.5, 0.6) is 11.5 Å². The van der Waals surface area contributed by atoms with Gasteiger partial charge in [0.05, 0.1) is 18.6 Å². The molecule has 0 atom stereocenters. The van der Waals surface area contributed by atoms with Crippen LogP contribution < -0.4 is 14.8 Å². The number of carbonyl (C=O) groups excluding carboxylic acids is 2. The summed E-state index contributed by atoms with van der Waals surface area (Å²) in [4.78, 5) is 23.5. The topological polar surface area (TPSA) is 64.6 Å². The Bertz CT molecular complexity index is 854. The number of esters is 1. The van der Waals surface area contributed by atoms with Crippen molar-refractivity contribution < 1.29 is 19.1 Å². The second kappa shape index (κ2) is 9.11. The highest BCUT2D eigenvalue weighted by molar-refractivity contribution is 6.32. The Kier molecular flexibility index (Phi) is 7.08. The normalized spacial score (nSPS) is 11.1. The van der Waals surface area contributed by atoms with Gasteiger partial charge in [-0.3, -0.25) is 9.59 Å². The van der Waals surface area contributed by atoms with E-state index in [-0.39, 0.29) is 28.5 Å². The summed E-state index contributed by atoms with van der Waals surface area (Å²) < 4.78 is 10.3. The molecule has 2 aromatic carbocycles. The van der Waals surface area contributed by atoms with Gasteiger partial charge in [0.2, 0.25) is 5.91 Å². The smallest absolute Gasteiger partial charge is 0.308 e. The molecule has 0 saturated carbocycles. The molecule has 0 aliphatic rings. The minimum Gasteiger partial charge on any atom is -0.493 e. The van der Waals surface area contributed by atoms with Crippen LogP contribution in [0, 0.1) is 0 Å². The van der Waals surface area contributed by atoms with E-state index in [0.29, 0.717) is 17.9 Å². The Labute approximate surface area is 171 Å². The molecule has 0 fully saturated rings. The number of amides is 1. The summed E-state index contributed by atoms with van der Waals surface area (Å²) in [7, 11) is 1.45. The molecule has 0 heterocycles. The molecule has 1 N–H and O–H groups in total. The molecule has 5 nitrogen and oxygen atoms in total. The summed E-state index contributed by atoms with van der Waals surface area (Å²) in [6.07, 6.45) is 0.135. The van der Waals surface area contributed by atoms with Gasteiger partial charge in [-0.05, 0) is 34.2 Å². The van der Waals surface area contributed by atoms with Gasteiger partial charge in [0.15, 0.2) is 11.5 Å². The molecule has 0 unspecified atom stereocenters. The van der Waals surface area contributed by atoms with Crippen molar-refractivity contribution in [1.29, 1.82) is 0 Å². The number of ether oxygens (including phenoxy) is 2. The molecule has 28 heavy (non-hydrogen) atoms. The van der Waals surface area contributed by atoms with Crippen LogP contribution in [0.1, 0.15) is 44.4 Å². The first-order valence-electron chi connectivity index (χ1n) is 9.01. The number of carbonyl (C=O) groups is 2. The largest absolute Gasteiger partial charge is 0.493 e. The summed E-state index contributed by atoms with van der Waals surface area (Å²) in [5.41, 5.74) is 3.04. The van der Waals surface area contributed by atoms with E-state index in [1.54, 1.807) is 12.1 Å². The lowest BCUT2D eigenvalue weighted by Gasteiger charge is -2.19. The van der Waals surface area contributed by atoms with Crippen LogP contribution in [0.3, 0.4) is 0 Å². The van der Waals surface area contributed by atoms with Crippen LogP contribution in [0.25, 0.3) is 0 Å². The predicted molar refractivity (Wildman–Crippen MR) is 110 cm³/mol. The van der Waals surface area contributed by atoms with Gasteiger partial charge in [0, 0.05) is 13.5 Å². The maximum atomic E-state index is 12.3. The maximum absolute atomic E-state index is 12.3. The zero-order valence-corrected chi connectivity index (χ0v) is 17.6. The molecule has 0 radical (unpaired) electrons. The first-order chi connectivity index (χ1) is 13.1. The molecule has 0 bridgehead atoms. The number of hydrogen-bond donors (Lipinski definition) is 1. The van der Waals surface area contributed by atoms with Gasteiger partial charge in [0.1, 0.15) is 0 Å². The van der Waals surface area contributed by atoms with Crippen molar-refractivity contribution in [1.82, 2.24) is 5.32 Å². The van der Waals surface area contributed by atoms with Crippen LogP contribution in [0.15, 0.2) is 36.4 Å². The third-order valence-electron chi connectivity index (χ3n) is 4.21. The van der Waals surface area contributed by atoms with Gasteiger partial charge >= 0.3 is 5.97 Å². The zero-order valence-electron chi connectivity index (χ0n) is 16.9. The van der Waals surface area contributed by atoms with Crippen molar-refractivity contribution in [3.63, 3.8) is 0 Å². The van der Waals surface area contributed by atoms with Crippen molar-refractivity contribution in [2.45, 2.75) is 46.1 Å². The third kappa shape index (κ3) is 5.99. The first kappa shape index (κ1) is 21.8. The lowest BCUT2D eigenvalue weighted by atomic mass is 9.87. The van der Waals surface area contributed by atoms with Gasteiger partial charge in [-0.1, -0.05) is 56.6 Å². The SMILES string of the molecule is COc1cc(CC(=O)NCc2ccc(C(C)(C)C)cc2)cc(Cl)c1OC(C)=O. The molecular weight excluding hydrogens is 378 g/mol. The van der Waals surface area contributed by atoms with Crippen LogP contribution in [-0.4, -0.2) is 19.0 Å².